The Labute approximate surface area is 78.5 Å². The quantitative estimate of drug-likeness (QED) is 0.509. The fraction of sp³-hybridized carbons (Fsp3) is 0. The van der Waals surface area contributed by atoms with Crippen molar-refractivity contribution in [3.63, 3.8) is 0 Å². The Bertz CT molecular complexity index is 490. The van der Waals surface area contributed by atoms with Crippen LogP contribution in [-0.2, 0) is 0 Å². The molecule has 0 saturated carbocycles. The van der Waals surface area contributed by atoms with Crippen LogP contribution in [0.25, 0.3) is 10.9 Å². The number of pyridine rings is 1. The lowest BCUT2D eigenvalue weighted by molar-refractivity contribution is 0.259. The van der Waals surface area contributed by atoms with E-state index in [2.05, 4.69) is 20.5 Å². The number of nitrogens with two attached hydrogens (primary N) is 2. The number of urea groups is 1. The van der Waals surface area contributed by atoms with Gasteiger partial charge in [0.05, 0.1) is 10.9 Å². The summed E-state index contributed by atoms with van der Waals surface area (Å²) in [5, 5.41) is 9.53. The monoisotopic (exact) mass is 192 g/mol. The van der Waals surface area contributed by atoms with E-state index in [4.69, 9.17) is 11.5 Å². The van der Waals surface area contributed by atoms with E-state index in [0.717, 1.165) is 0 Å². The van der Waals surface area contributed by atoms with Gasteiger partial charge in [-0.05, 0) is 0 Å². The highest BCUT2D eigenvalue weighted by Gasteiger charge is 2.04. The summed E-state index contributed by atoms with van der Waals surface area (Å²) in [5.74, 6) is 0.728. The van der Waals surface area contributed by atoms with Gasteiger partial charge in [0, 0.05) is 12.3 Å². The molecule has 2 amide bonds. The number of carbonyl (C=O) groups is 1. The molecule has 2 aromatic rings. The largest absolute Gasteiger partial charge is 0.382 e. The highest BCUT2D eigenvalue weighted by atomic mass is 16.2. The smallest absolute Gasteiger partial charge is 0.317 e. The van der Waals surface area contributed by atoms with Crippen LogP contribution in [0.4, 0.5) is 16.4 Å². The van der Waals surface area contributed by atoms with Crippen LogP contribution in [0.15, 0.2) is 12.3 Å². The van der Waals surface area contributed by atoms with Crippen LogP contribution in [0.1, 0.15) is 0 Å². The van der Waals surface area contributed by atoms with Crippen molar-refractivity contribution in [1.82, 2.24) is 15.2 Å². The number of nitrogens with one attached hydrogen (secondary N) is 2. The zero-order valence-electron chi connectivity index (χ0n) is 7.11. The number of nitrogens with zero attached hydrogens (tertiary/aromatic N) is 2. The average molecular weight is 192 g/mol. The second-order valence-electron chi connectivity index (χ2n) is 2.71. The Hall–Kier alpha value is -2.31. The SMILES string of the molecule is NC(=O)Nc1cc2[nH]nc(N)c2cn1. The zero-order chi connectivity index (χ0) is 10.1. The van der Waals surface area contributed by atoms with Crippen molar-refractivity contribution >= 4 is 28.6 Å². The van der Waals surface area contributed by atoms with Gasteiger partial charge in [0.15, 0.2) is 5.82 Å². The molecule has 2 heterocycles. The molecule has 0 aliphatic carbocycles. The van der Waals surface area contributed by atoms with Gasteiger partial charge in [0.25, 0.3) is 0 Å². The van der Waals surface area contributed by atoms with Gasteiger partial charge in [-0.1, -0.05) is 0 Å². The van der Waals surface area contributed by atoms with Crippen molar-refractivity contribution in [3.8, 4) is 0 Å². The van der Waals surface area contributed by atoms with Crippen molar-refractivity contribution in [2.75, 3.05) is 11.1 Å². The third-order valence-corrected chi connectivity index (χ3v) is 1.73. The van der Waals surface area contributed by atoms with Crippen molar-refractivity contribution in [2.24, 2.45) is 5.73 Å². The molecule has 0 aromatic carbocycles. The summed E-state index contributed by atoms with van der Waals surface area (Å²) in [6.07, 6.45) is 1.51. The lowest BCUT2D eigenvalue weighted by Gasteiger charge is -1.99. The molecule has 0 fully saturated rings. The van der Waals surface area contributed by atoms with Crippen LogP contribution in [-0.4, -0.2) is 21.2 Å². The van der Waals surface area contributed by atoms with Gasteiger partial charge in [0.2, 0.25) is 0 Å². The van der Waals surface area contributed by atoms with E-state index in [0.29, 0.717) is 22.5 Å². The van der Waals surface area contributed by atoms with Crippen LogP contribution in [0, 0.1) is 0 Å². The number of hydrogen-bond donors (Lipinski definition) is 4. The van der Waals surface area contributed by atoms with E-state index >= 15 is 0 Å². The third-order valence-electron chi connectivity index (χ3n) is 1.73. The molecule has 0 atom stereocenters. The Kier molecular flexibility index (Phi) is 1.70. The maximum absolute atomic E-state index is 10.5. The van der Waals surface area contributed by atoms with E-state index in [1.54, 1.807) is 6.07 Å². The number of H-pyrrole nitrogens is 1. The predicted molar refractivity (Wildman–Crippen MR) is 51.5 cm³/mol. The molecule has 0 spiro atoms. The van der Waals surface area contributed by atoms with E-state index in [-0.39, 0.29) is 0 Å². The highest BCUT2D eigenvalue weighted by molar-refractivity contribution is 5.92. The first-order valence-electron chi connectivity index (χ1n) is 3.83. The van der Waals surface area contributed by atoms with Gasteiger partial charge in [-0.2, -0.15) is 5.10 Å². The third kappa shape index (κ3) is 1.30. The van der Waals surface area contributed by atoms with Gasteiger partial charge in [0.1, 0.15) is 5.82 Å². The molecule has 0 saturated heterocycles. The van der Waals surface area contributed by atoms with Crippen molar-refractivity contribution in [1.29, 1.82) is 0 Å². The Morgan fingerprint density at radius 3 is 3.07 bits per heavy atom. The van der Waals surface area contributed by atoms with Crippen LogP contribution >= 0.6 is 0 Å². The highest BCUT2D eigenvalue weighted by Crippen LogP contribution is 2.18. The van der Waals surface area contributed by atoms with Gasteiger partial charge < -0.3 is 11.5 Å². The first-order chi connectivity index (χ1) is 6.66. The van der Waals surface area contributed by atoms with Crippen molar-refractivity contribution in [2.45, 2.75) is 0 Å². The van der Waals surface area contributed by atoms with E-state index in [1.807, 2.05) is 0 Å². The van der Waals surface area contributed by atoms with Crippen LogP contribution < -0.4 is 16.8 Å². The summed E-state index contributed by atoms with van der Waals surface area (Å²) in [6, 6.07) is 0.938. The van der Waals surface area contributed by atoms with Gasteiger partial charge in [-0.3, -0.25) is 10.4 Å². The molecule has 6 N–H and O–H groups in total. The summed E-state index contributed by atoms with van der Waals surface area (Å²) < 4.78 is 0. The number of primary amides is 1. The second kappa shape index (κ2) is 2.87. The van der Waals surface area contributed by atoms with E-state index in [1.165, 1.54) is 6.20 Å². The minimum Gasteiger partial charge on any atom is -0.382 e. The molecule has 0 radical (unpaired) electrons. The molecular formula is C7H8N6O. The predicted octanol–water partition coefficient (Wildman–Crippen LogP) is 0.0307. The van der Waals surface area contributed by atoms with Crippen molar-refractivity contribution < 1.29 is 4.79 Å². The number of anilines is 2. The van der Waals surface area contributed by atoms with Crippen LogP contribution in [0.5, 0.6) is 0 Å². The summed E-state index contributed by atoms with van der Waals surface area (Å²) in [7, 11) is 0. The molecule has 7 heteroatoms. The average Bonchev–Trinajstić information content (AvgIpc) is 2.46. The Morgan fingerprint density at radius 2 is 2.36 bits per heavy atom. The summed E-state index contributed by atoms with van der Waals surface area (Å²) in [6.45, 7) is 0. The molecule has 0 aliphatic rings. The number of amides is 2. The molecule has 2 rings (SSSR count). The molecule has 7 nitrogen and oxygen atoms in total. The first kappa shape index (κ1) is 8.30. The van der Waals surface area contributed by atoms with E-state index in [9.17, 15) is 4.79 Å². The van der Waals surface area contributed by atoms with Gasteiger partial charge >= 0.3 is 6.03 Å². The fourth-order valence-corrected chi connectivity index (χ4v) is 1.13. The van der Waals surface area contributed by atoms with Gasteiger partial charge in [-0.15, -0.1) is 0 Å². The molecule has 0 aliphatic heterocycles. The van der Waals surface area contributed by atoms with Gasteiger partial charge in [-0.25, -0.2) is 9.78 Å². The maximum Gasteiger partial charge on any atom is 0.317 e. The molecule has 2 aromatic heterocycles. The fourth-order valence-electron chi connectivity index (χ4n) is 1.13. The maximum atomic E-state index is 10.5. The van der Waals surface area contributed by atoms with Crippen LogP contribution in [0.2, 0.25) is 0 Å². The number of aromatic amines is 1. The number of aromatic nitrogens is 3. The Morgan fingerprint density at radius 1 is 1.57 bits per heavy atom. The van der Waals surface area contributed by atoms with E-state index < -0.39 is 6.03 Å². The minimum atomic E-state index is -0.663. The standard InChI is InChI=1S/C7H8N6O/c8-6-3-2-10-5(11-7(9)14)1-4(3)12-13-6/h1-2H,(H3,8,12,13)(H3,9,10,11,14). The molecular weight excluding hydrogens is 184 g/mol. The first-order valence-corrected chi connectivity index (χ1v) is 3.83. The number of fused-ring (bicyclic) bond motifs is 1. The molecule has 0 bridgehead atoms. The number of carbonyl (C=O) groups excluding carboxylic acids is 1. The molecule has 14 heavy (non-hydrogen) atoms. The van der Waals surface area contributed by atoms with Crippen molar-refractivity contribution in [3.05, 3.63) is 12.3 Å². The number of nitrogen functional groups attached to an aromatic ring is 1. The lowest BCUT2D eigenvalue weighted by Crippen LogP contribution is -2.19. The lowest BCUT2D eigenvalue weighted by atomic mass is 10.3. The second-order valence-corrected chi connectivity index (χ2v) is 2.71. The summed E-state index contributed by atoms with van der Waals surface area (Å²) >= 11 is 0. The summed E-state index contributed by atoms with van der Waals surface area (Å²) in [4.78, 5) is 14.5. The molecule has 72 valence electrons. The normalized spacial score (nSPS) is 10.3. The number of hydrogen-bond acceptors (Lipinski definition) is 4. The zero-order valence-corrected chi connectivity index (χ0v) is 7.11. The van der Waals surface area contributed by atoms with Crippen LogP contribution in [0.3, 0.4) is 0 Å². The number of rotatable bonds is 1. The Balaban J connectivity index is 2.46. The molecule has 0 unspecified atom stereocenters. The summed E-state index contributed by atoms with van der Waals surface area (Å²) in [5.41, 5.74) is 11.2. The minimum absolute atomic E-state index is 0.355. The topological polar surface area (TPSA) is 123 Å².